The van der Waals surface area contributed by atoms with Crippen LogP contribution in [0.1, 0.15) is 48.3 Å². The maximum atomic E-state index is 12.9. The number of carbonyl (C=O) groups is 1. The highest BCUT2D eigenvalue weighted by atomic mass is 32.1. The lowest BCUT2D eigenvalue weighted by atomic mass is 10.0. The smallest absolute Gasteiger partial charge is 0.271 e. The minimum atomic E-state index is -0.511. The fraction of sp³-hybridized carbons (Fsp3) is 0.370. The topological polar surface area (TPSA) is 121 Å². The highest BCUT2D eigenvalue weighted by Gasteiger charge is 2.27. The van der Waals surface area contributed by atoms with Crippen LogP contribution < -0.4 is 26.8 Å². The van der Waals surface area contributed by atoms with Crippen LogP contribution in [-0.4, -0.2) is 41.6 Å². The highest BCUT2D eigenvalue weighted by molar-refractivity contribution is 7.21. The van der Waals surface area contributed by atoms with Crippen molar-refractivity contribution in [3.8, 4) is 0 Å². The first-order chi connectivity index (χ1) is 17.4. The predicted molar refractivity (Wildman–Crippen MR) is 149 cm³/mol. The van der Waals surface area contributed by atoms with E-state index in [9.17, 15) is 9.59 Å². The summed E-state index contributed by atoms with van der Waals surface area (Å²) in [5, 5.41) is 1.90. The van der Waals surface area contributed by atoms with E-state index in [1.54, 1.807) is 0 Å². The molecule has 0 radical (unpaired) electrons. The van der Waals surface area contributed by atoms with E-state index in [4.69, 9.17) is 16.5 Å². The van der Waals surface area contributed by atoms with E-state index in [-0.39, 0.29) is 11.6 Å². The standard InChI is InChI=1S/C27H32N6O2S/c1-3-7-17-15-21(31-27-22(17)23(28)24(36-27)25(29)34)32-12-10-18(11-13-32)33(4-2)20-14-16-8-5-6-9-19(16)30-26(20)35/h5-6,8-9,14-15,18H,3-4,7,10-13,28H2,1-2H3,(H2,29,34)(H,30,35). The molecule has 0 atom stereocenters. The van der Waals surface area contributed by atoms with Crippen LogP contribution >= 0.6 is 11.3 Å². The van der Waals surface area contributed by atoms with Crippen molar-refractivity contribution in [1.29, 1.82) is 0 Å². The van der Waals surface area contributed by atoms with Crippen LogP contribution in [0.3, 0.4) is 0 Å². The number of benzene rings is 1. The van der Waals surface area contributed by atoms with Crippen molar-refractivity contribution in [3.63, 3.8) is 0 Å². The van der Waals surface area contributed by atoms with Crippen molar-refractivity contribution >= 4 is 55.6 Å². The van der Waals surface area contributed by atoms with E-state index in [1.807, 2.05) is 30.3 Å². The molecule has 188 valence electrons. The van der Waals surface area contributed by atoms with Gasteiger partial charge in [-0.2, -0.15) is 0 Å². The first kappa shape index (κ1) is 24.1. The van der Waals surface area contributed by atoms with Gasteiger partial charge in [-0.15, -0.1) is 11.3 Å². The van der Waals surface area contributed by atoms with E-state index in [2.05, 4.69) is 34.7 Å². The monoisotopic (exact) mass is 504 g/mol. The van der Waals surface area contributed by atoms with Gasteiger partial charge in [-0.3, -0.25) is 9.59 Å². The molecule has 0 aliphatic carbocycles. The molecule has 1 amide bonds. The number of aryl methyl sites for hydroxylation is 1. The molecule has 8 nitrogen and oxygen atoms in total. The largest absolute Gasteiger partial charge is 0.397 e. The molecule has 0 saturated carbocycles. The number of primary amides is 1. The zero-order valence-electron chi connectivity index (χ0n) is 20.7. The van der Waals surface area contributed by atoms with Crippen LogP contribution in [0.25, 0.3) is 21.1 Å². The van der Waals surface area contributed by atoms with Gasteiger partial charge in [-0.1, -0.05) is 31.5 Å². The molecule has 4 aromatic rings. The normalized spacial score (nSPS) is 14.6. The number of nitrogens with one attached hydrogen (secondary N) is 1. The van der Waals surface area contributed by atoms with Gasteiger partial charge in [-0.05, 0) is 49.9 Å². The number of thiophene rings is 1. The van der Waals surface area contributed by atoms with Crippen LogP contribution in [0.2, 0.25) is 0 Å². The summed E-state index contributed by atoms with van der Waals surface area (Å²) in [4.78, 5) is 38.4. The van der Waals surface area contributed by atoms with Crippen LogP contribution in [0.4, 0.5) is 17.2 Å². The Morgan fingerprint density at radius 1 is 1.22 bits per heavy atom. The summed E-state index contributed by atoms with van der Waals surface area (Å²) < 4.78 is 0. The first-order valence-electron chi connectivity index (χ1n) is 12.6. The third-order valence-corrected chi connectivity index (χ3v) is 8.24. The van der Waals surface area contributed by atoms with Crippen molar-refractivity contribution < 1.29 is 4.79 Å². The van der Waals surface area contributed by atoms with Crippen LogP contribution in [-0.2, 0) is 6.42 Å². The summed E-state index contributed by atoms with van der Waals surface area (Å²) >= 11 is 1.28. The summed E-state index contributed by atoms with van der Waals surface area (Å²) in [6.45, 7) is 6.66. The average molecular weight is 505 g/mol. The SMILES string of the molecule is CCCc1cc(N2CCC(N(CC)c3cc4ccccc4[nH]c3=O)CC2)nc2sc(C(N)=O)c(N)c12. The number of rotatable bonds is 7. The van der Waals surface area contributed by atoms with Crippen molar-refractivity contribution in [2.24, 2.45) is 5.73 Å². The second-order valence-electron chi connectivity index (χ2n) is 9.35. The lowest BCUT2D eigenvalue weighted by molar-refractivity contribution is 0.100. The summed E-state index contributed by atoms with van der Waals surface area (Å²) in [5.41, 5.74) is 14.9. The number of hydrogen-bond acceptors (Lipinski definition) is 7. The molecule has 1 fully saturated rings. The number of para-hydroxylation sites is 1. The lowest BCUT2D eigenvalue weighted by Gasteiger charge is -2.39. The number of H-pyrrole nitrogens is 1. The molecule has 36 heavy (non-hydrogen) atoms. The summed E-state index contributed by atoms with van der Waals surface area (Å²) in [6, 6.07) is 12.3. The molecular weight excluding hydrogens is 472 g/mol. The predicted octanol–water partition coefficient (Wildman–Crippen LogP) is 4.27. The molecule has 1 saturated heterocycles. The lowest BCUT2D eigenvalue weighted by Crippen LogP contribution is -2.46. The van der Waals surface area contributed by atoms with Gasteiger partial charge in [0.15, 0.2) is 0 Å². The second-order valence-corrected chi connectivity index (χ2v) is 10.4. The van der Waals surface area contributed by atoms with Gasteiger partial charge in [0.1, 0.15) is 21.2 Å². The van der Waals surface area contributed by atoms with Gasteiger partial charge in [0.2, 0.25) is 0 Å². The van der Waals surface area contributed by atoms with Gasteiger partial charge in [0.25, 0.3) is 11.5 Å². The number of anilines is 3. The highest BCUT2D eigenvalue weighted by Crippen LogP contribution is 2.37. The van der Waals surface area contributed by atoms with Gasteiger partial charge >= 0.3 is 0 Å². The Bertz CT molecular complexity index is 1490. The zero-order valence-corrected chi connectivity index (χ0v) is 21.5. The molecule has 5 N–H and O–H groups in total. The Morgan fingerprint density at radius 3 is 2.67 bits per heavy atom. The molecule has 0 unspecified atom stereocenters. The quantitative estimate of drug-likeness (QED) is 0.346. The van der Waals surface area contributed by atoms with Gasteiger partial charge < -0.3 is 26.3 Å². The molecule has 1 aliphatic rings. The molecule has 3 aromatic heterocycles. The Labute approximate surface area is 213 Å². The maximum Gasteiger partial charge on any atom is 0.271 e. The average Bonchev–Trinajstić information content (AvgIpc) is 3.22. The fourth-order valence-electron chi connectivity index (χ4n) is 5.38. The number of fused-ring (bicyclic) bond motifs is 2. The third-order valence-electron chi connectivity index (χ3n) is 7.12. The molecule has 5 rings (SSSR count). The number of nitrogens with two attached hydrogens (primary N) is 2. The molecule has 0 spiro atoms. The zero-order chi connectivity index (χ0) is 25.4. The number of piperidine rings is 1. The van der Waals surface area contributed by atoms with E-state index < -0.39 is 5.91 Å². The van der Waals surface area contributed by atoms with Crippen molar-refractivity contribution in [3.05, 3.63) is 57.2 Å². The summed E-state index contributed by atoms with van der Waals surface area (Å²) in [6.07, 6.45) is 3.66. The number of aromatic nitrogens is 2. The van der Waals surface area contributed by atoms with Gasteiger partial charge in [0, 0.05) is 42.0 Å². The third kappa shape index (κ3) is 4.28. The Kier molecular flexibility index (Phi) is 6.57. The Balaban J connectivity index is 1.40. The minimum Gasteiger partial charge on any atom is -0.397 e. The number of nitrogen functional groups attached to an aromatic ring is 1. The molecule has 1 aliphatic heterocycles. The summed E-state index contributed by atoms with van der Waals surface area (Å²) in [5.74, 6) is 0.400. The number of amides is 1. The Hall–Kier alpha value is -3.59. The van der Waals surface area contributed by atoms with Crippen molar-refractivity contribution in [2.75, 3.05) is 35.2 Å². The fourth-order valence-corrected chi connectivity index (χ4v) is 6.37. The van der Waals surface area contributed by atoms with Crippen molar-refractivity contribution in [1.82, 2.24) is 9.97 Å². The molecule has 4 heterocycles. The molecule has 9 heteroatoms. The number of carbonyl (C=O) groups excluding carboxylic acids is 1. The number of nitrogens with zero attached hydrogens (tertiary/aromatic N) is 3. The molecule has 0 bridgehead atoms. The number of aromatic amines is 1. The maximum absolute atomic E-state index is 12.9. The van der Waals surface area contributed by atoms with E-state index in [1.165, 1.54) is 11.3 Å². The van der Waals surface area contributed by atoms with E-state index >= 15 is 0 Å². The van der Waals surface area contributed by atoms with Crippen molar-refractivity contribution in [2.45, 2.75) is 45.6 Å². The molecular formula is C27H32N6O2S. The van der Waals surface area contributed by atoms with Crippen LogP contribution in [0.15, 0.2) is 41.2 Å². The second kappa shape index (κ2) is 9.81. The number of pyridine rings is 2. The minimum absolute atomic E-state index is 0.0464. The van der Waals surface area contributed by atoms with Gasteiger partial charge in [-0.25, -0.2) is 4.98 Å². The van der Waals surface area contributed by atoms with Gasteiger partial charge in [0.05, 0.1) is 5.69 Å². The number of hydrogen-bond donors (Lipinski definition) is 3. The molecule has 1 aromatic carbocycles. The Morgan fingerprint density at radius 2 is 1.97 bits per heavy atom. The van der Waals surface area contributed by atoms with E-state index in [0.29, 0.717) is 10.6 Å². The summed E-state index contributed by atoms with van der Waals surface area (Å²) in [7, 11) is 0. The van der Waals surface area contributed by atoms with Crippen LogP contribution in [0.5, 0.6) is 0 Å². The van der Waals surface area contributed by atoms with Crippen LogP contribution in [0, 0.1) is 0 Å². The van der Waals surface area contributed by atoms with E-state index in [0.717, 1.165) is 83.5 Å². The first-order valence-corrected chi connectivity index (χ1v) is 13.4.